The second-order valence-corrected chi connectivity index (χ2v) is 4.79. The molecule has 18 heavy (non-hydrogen) atoms. The van der Waals surface area contributed by atoms with Crippen LogP contribution < -0.4 is 0 Å². The van der Waals surface area contributed by atoms with Crippen molar-refractivity contribution in [1.82, 2.24) is 9.88 Å². The minimum absolute atomic E-state index is 0.125. The first-order valence-electron chi connectivity index (χ1n) is 6.37. The average Bonchev–Trinajstić information content (AvgIpc) is 2.79. The Bertz CT molecular complexity index is 550. The molecule has 0 spiro atoms. The van der Waals surface area contributed by atoms with E-state index in [0.717, 1.165) is 19.5 Å². The van der Waals surface area contributed by atoms with E-state index in [1.807, 2.05) is 6.07 Å². The normalized spacial score (nSPS) is 12.8. The van der Waals surface area contributed by atoms with Gasteiger partial charge in [-0.3, -0.25) is 0 Å². The number of aromatic nitrogens is 1. The van der Waals surface area contributed by atoms with Crippen LogP contribution in [0, 0.1) is 17.2 Å². The summed E-state index contributed by atoms with van der Waals surface area (Å²) in [5, 5.41) is 10.3. The summed E-state index contributed by atoms with van der Waals surface area (Å²) in [5.74, 6) is 0.125. The van der Waals surface area contributed by atoms with Gasteiger partial charge in [0.05, 0.1) is 12.0 Å². The summed E-state index contributed by atoms with van der Waals surface area (Å²) in [7, 11) is 2.07. The van der Waals surface area contributed by atoms with Gasteiger partial charge in [0.2, 0.25) is 0 Å². The number of nitriles is 1. The van der Waals surface area contributed by atoms with Gasteiger partial charge in [0.25, 0.3) is 0 Å². The number of fused-ring (bicyclic) bond motifs is 1. The van der Waals surface area contributed by atoms with Crippen LogP contribution in [-0.4, -0.2) is 23.5 Å². The van der Waals surface area contributed by atoms with Crippen molar-refractivity contribution < 1.29 is 0 Å². The number of para-hydroxylation sites is 1. The molecule has 94 valence electrons. The highest BCUT2D eigenvalue weighted by atomic mass is 15.1. The molecular weight excluding hydrogens is 222 g/mol. The standard InChI is InChI=1S/C15H19N3/c1-3-12(8-16)10-18(2)11-13-9-17-15-7-5-4-6-14(13)15/h4-7,9,12,17H,3,10-11H2,1-2H3. The molecule has 0 saturated heterocycles. The third-order valence-corrected chi connectivity index (χ3v) is 3.32. The fourth-order valence-electron chi connectivity index (χ4n) is 2.26. The fraction of sp³-hybridized carbons (Fsp3) is 0.400. The van der Waals surface area contributed by atoms with Crippen molar-refractivity contribution in [3.05, 3.63) is 36.0 Å². The molecule has 2 rings (SSSR count). The molecular formula is C15H19N3. The van der Waals surface area contributed by atoms with E-state index in [1.165, 1.54) is 16.5 Å². The topological polar surface area (TPSA) is 42.8 Å². The lowest BCUT2D eigenvalue weighted by Gasteiger charge is -2.18. The second-order valence-electron chi connectivity index (χ2n) is 4.79. The summed E-state index contributed by atoms with van der Waals surface area (Å²) in [6, 6.07) is 10.7. The van der Waals surface area contributed by atoms with Gasteiger partial charge < -0.3 is 9.88 Å². The predicted octanol–water partition coefficient (Wildman–Crippen LogP) is 3.15. The van der Waals surface area contributed by atoms with Crippen LogP contribution in [0.15, 0.2) is 30.5 Å². The molecule has 3 nitrogen and oxygen atoms in total. The van der Waals surface area contributed by atoms with Gasteiger partial charge in [-0.05, 0) is 25.1 Å². The van der Waals surface area contributed by atoms with Gasteiger partial charge in [-0.25, -0.2) is 0 Å². The van der Waals surface area contributed by atoms with Gasteiger partial charge in [-0.15, -0.1) is 0 Å². The van der Waals surface area contributed by atoms with E-state index in [0.29, 0.717) is 0 Å². The number of aromatic amines is 1. The molecule has 0 fully saturated rings. The Morgan fingerprint density at radius 1 is 1.39 bits per heavy atom. The lowest BCUT2D eigenvalue weighted by Crippen LogP contribution is -2.24. The zero-order chi connectivity index (χ0) is 13.0. The zero-order valence-corrected chi connectivity index (χ0v) is 11.0. The fourth-order valence-corrected chi connectivity index (χ4v) is 2.26. The first-order chi connectivity index (χ1) is 8.74. The minimum atomic E-state index is 0.125. The number of benzene rings is 1. The number of hydrogen-bond acceptors (Lipinski definition) is 2. The highest BCUT2D eigenvalue weighted by Gasteiger charge is 2.10. The van der Waals surface area contributed by atoms with Crippen LogP contribution in [0.5, 0.6) is 0 Å². The lowest BCUT2D eigenvalue weighted by atomic mass is 10.1. The van der Waals surface area contributed by atoms with Crippen molar-refractivity contribution in [2.24, 2.45) is 5.92 Å². The molecule has 0 radical (unpaired) electrons. The average molecular weight is 241 g/mol. The summed E-state index contributed by atoms with van der Waals surface area (Å²) in [6.07, 6.45) is 2.98. The maximum Gasteiger partial charge on any atom is 0.0669 e. The summed E-state index contributed by atoms with van der Waals surface area (Å²) >= 11 is 0. The smallest absolute Gasteiger partial charge is 0.0669 e. The predicted molar refractivity (Wildman–Crippen MR) is 74.0 cm³/mol. The molecule has 0 aliphatic carbocycles. The highest BCUT2D eigenvalue weighted by molar-refractivity contribution is 5.82. The largest absolute Gasteiger partial charge is 0.361 e. The molecule has 0 aliphatic rings. The van der Waals surface area contributed by atoms with E-state index in [4.69, 9.17) is 5.26 Å². The van der Waals surface area contributed by atoms with Crippen LogP contribution in [0.3, 0.4) is 0 Å². The highest BCUT2D eigenvalue weighted by Crippen LogP contribution is 2.19. The van der Waals surface area contributed by atoms with Crippen LogP contribution in [0.1, 0.15) is 18.9 Å². The number of rotatable bonds is 5. The van der Waals surface area contributed by atoms with Crippen molar-refractivity contribution in [1.29, 1.82) is 5.26 Å². The Hall–Kier alpha value is -1.79. The Labute approximate surface area is 108 Å². The third kappa shape index (κ3) is 2.72. The van der Waals surface area contributed by atoms with Crippen molar-refractivity contribution in [3.63, 3.8) is 0 Å². The molecule has 3 heteroatoms. The van der Waals surface area contributed by atoms with Gasteiger partial charge in [0, 0.05) is 30.2 Å². The molecule has 1 heterocycles. The van der Waals surface area contributed by atoms with Gasteiger partial charge in [0.15, 0.2) is 0 Å². The van der Waals surface area contributed by atoms with Crippen LogP contribution in [0.2, 0.25) is 0 Å². The van der Waals surface area contributed by atoms with Crippen molar-refractivity contribution in [2.75, 3.05) is 13.6 Å². The molecule has 1 atom stereocenters. The Morgan fingerprint density at radius 3 is 2.89 bits per heavy atom. The minimum Gasteiger partial charge on any atom is -0.361 e. The van der Waals surface area contributed by atoms with Gasteiger partial charge in [0.1, 0.15) is 0 Å². The Kier molecular flexibility index (Phi) is 4.01. The van der Waals surface area contributed by atoms with Gasteiger partial charge >= 0.3 is 0 Å². The summed E-state index contributed by atoms with van der Waals surface area (Å²) in [5.41, 5.74) is 2.47. The molecule has 1 aromatic carbocycles. The molecule has 1 aromatic heterocycles. The summed E-state index contributed by atoms with van der Waals surface area (Å²) < 4.78 is 0. The third-order valence-electron chi connectivity index (χ3n) is 3.32. The van der Waals surface area contributed by atoms with Crippen LogP contribution in [0.25, 0.3) is 10.9 Å². The van der Waals surface area contributed by atoms with Gasteiger partial charge in [-0.1, -0.05) is 25.1 Å². The van der Waals surface area contributed by atoms with Crippen LogP contribution in [0.4, 0.5) is 0 Å². The first kappa shape index (κ1) is 12.7. The molecule has 0 saturated carbocycles. The Morgan fingerprint density at radius 2 is 2.17 bits per heavy atom. The van der Waals surface area contributed by atoms with Crippen molar-refractivity contribution in [3.8, 4) is 6.07 Å². The van der Waals surface area contributed by atoms with Crippen molar-refractivity contribution in [2.45, 2.75) is 19.9 Å². The number of nitrogens with zero attached hydrogens (tertiary/aromatic N) is 2. The van der Waals surface area contributed by atoms with E-state index in [2.05, 4.69) is 54.3 Å². The Balaban J connectivity index is 2.07. The van der Waals surface area contributed by atoms with Crippen molar-refractivity contribution >= 4 is 10.9 Å². The van der Waals surface area contributed by atoms with Crippen LogP contribution >= 0.6 is 0 Å². The first-order valence-corrected chi connectivity index (χ1v) is 6.37. The molecule has 0 amide bonds. The van der Waals surface area contributed by atoms with E-state index in [1.54, 1.807) is 0 Å². The monoisotopic (exact) mass is 241 g/mol. The van der Waals surface area contributed by atoms with E-state index < -0.39 is 0 Å². The van der Waals surface area contributed by atoms with Gasteiger partial charge in [-0.2, -0.15) is 5.26 Å². The summed E-state index contributed by atoms with van der Waals surface area (Å²) in [4.78, 5) is 5.50. The molecule has 0 aliphatic heterocycles. The lowest BCUT2D eigenvalue weighted by molar-refractivity contribution is 0.293. The molecule has 1 unspecified atom stereocenters. The van der Waals surface area contributed by atoms with E-state index >= 15 is 0 Å². The zero-order valence-electron chi connectivity index (χ0n) is 11.0. The van der Waals surface area contributed by atoms with Crippen LogP contribution in [-0.2, 0) is 6.54 Å². The quantitative estimate of drug-likeness (QED) is 0.873. The molecule has 1 N–H and O–H groups in total. The second kappa shape index (κ2) is 5.70. The number of hydrogen-bond donors (Lipinski definition) is 1. The molecule has 2 aromatic rings. The maximum atomic E-state index is 8.99. The SMILES string of the molecule is CCC(C#N)CN(C)Cc1c[nH]c2ccccc12. The number of nitrogens with one attached hydrogen (secondary N) is 1. The number of H-pyrrole nitrogens is 1. The summed E-state index contributed by atoms with van der Waals surface area (Å²) in [6.45, 7) is 3.77. The van der Waals surface area contributed by atoms with E-state index in [9.17, 15) is 0 Å². The maximum absolute atomic E-state index is 8.99. The molecule has 0 bridgehead atoms. The van der Waals surface area contributed by atoms with E-state index in [-0.39, 0.29) is 5.92 Å².